The molecule has 0 heterocycles. The highest BCUT2D eigenvalue weighted by molar-refractivity contribution is 7.74. The zero-order chi connectivity index (χ0) is 9.56. The van der Waals surface area contributed by atoms with Gasteiger partial charge in [-0.25, -0.2) is 4.79 Å². The van der Waals surface area contributed by atoms with Crippen molar-refractivity contribution >= 4 is 21.3 Å². The fourth-order valence-corrected chi connectivity index (χ4v) is 0.869. The summed E-state index contributed by atoms with van der Waals surface area (Å²) < 4.78 is 20.5. The first-order valence-electron chi connectivity index (χ1n) is 3.17. The van der Waals surface area contributed by atoms with Crippen molar-refractivity contribution in [1.29, 1.82) is 0 Å². The largest absolute Gasteiger partial charge is 0.476 e. The fraction of sp³-hybridized carbons (Fsp3) is 0.600. The Morgan fingerprint density at radius 3 is 2.33 bits per heavy atom. The number of hydrogen-bond donors (Lipinski definition) is 3. The average molecular weight is 194 g/mol. The molecule has 0 atom stereocenters. The van der Waals surface area contributed by atoms with Crippen LogP contribution in [0.25, 0.3) is 0 Å². The summed E-state index contributed by atoms with van der Waals surface area (Å²) in [5, 5.41) is 13.3. The predicted molar refractivity (Wildman–Crippen MR) is 43.5 cm³/mol. The molecule has 12 heavy (non-hydrogen) atoms. The van der Waals surface area contributed by atoms with Gasteiger partial charge in [0.1, 0.15) is 0 Å². The average Bonchev–Trinajstić information content (AvgIpc) is 1.96. The summed E-state index contributed by atoms with van der Waals surface area (Å²) in [6, 6.07) is 0. The molecule has 0 aromatic carbocycles. The topological polar surface area (TPSA) is 95.5 Å². The molecule has 0 aliphatic carbocycles. The molecule has 0 aromatic rings. The number of nitrogens with one attached hydrogen (secondary N) is 2. The van der Waals surface area contributed by atoms with Gasteiger partial charge in [0.2, 0.25) is 15.3 Å². The maximum Gasteiger partial charge on any atom is 0.362 e. The number of hydrogen-bond acceptors (Lipinski definition) is 4. The molecule has 0 aliphatic rings. The third kappa shape index (κ3) is 4.06. The van der Waals surface area contributed by atoms with Gasteiger partial charge in [-0.15, -0.1) is 0 Å². The molecule has 0 aromatic heterocycles. The van der Waals surface area contributed by atoms with Crippen molar-refractivity contribution in [2.45, 2.75) is 0 Å². The van der Waals surface area contributed by atoms with E-state index in [1.54, 1.807) is 7.05 Å². The Morgan fingerprint density at radius 1 is 1.42 bits per heavy atom. The van der Waals surface area contributed by atoms with Gasteiger partial charge in [0.15, 0.2) is 0 Å². The van der Waals surface area contributed by atoms with E-state index in [2.05, 4.69) is 10.6 Å². The minimum absolute atomic E-state index is 0.256. The molecule has 0 rings (SSSR count). The van der Waals surface area contributed by atoms with Gasteiger partial charge in [0.05, 0.1) is 0 Å². The monoisotopic (exact) mass is 194 g/mol. The molecule has 0 amide bonds. The van der Waals surface area contributed by atoms with E-state index in [4.69, 9.17) is 5.11 Å². The SMILES string of the molecule is CNCCNC(C(=O)O)=S(=O)=O. The van der Waals surface area contributed by atoms with Crippen LogP contribution in [0, 0.1) is 0 Å². The van der Waals surface area contributed by atoms with E-state index in [9.17, 15) is 13.2 Å². The Balaban J connectivity index is 4.20. The normalized spacial score (nSPS) is 9.42. The quantitative estimate of drug-likeness (QED) is 0.351. The predicted octanol–water partition coefficient (Wildman–Crippen LogP) is -2.11. The van der Waals surface area contributed by atoms with E-state index in [0.717, 1.165) is 0 Å². The third-order valence-corrected chi connectivity index (χ3v) is 1.67. The molecule has 0 radical (unpaired) electrons. The molecule has 0 saturated heterocycles. The maximum atomic E-state index is 10.2. The smallest absolute Gasteiger partial charge is 0.362 e. The Kier molecular flexibility index (Phi) is 5.26. The van der Waals surface area contributed by atoms with E-state index in [1.807, 2.05) is 0 Å². The number of rotatable bonds is 3. The fourth-order valence-electron chi connectivity index (χ4n) is 0.507. The van der Waals surface area contributed by atoms with Crippen molar-refractivity contribution in [2.75, 3.05) is 20.1 Å². The van der Waals surface area contributed by atoms with Gasteiger partial charge in [0, 0.05) is 13.1 Å². The lowest BCUT2D eigenvalue weighted by Crippen LogP contribution is -2.36. The van der Waals surface area contributed by atoms with Gasteiger partial charge in [0.25, 0.3) is 0 Å². The standard InChI is InChI=1S/C5H10N2O4S/c1-6-2-3-7-4(5(8)9)12(10)11/h6-7H,2-3H2,1H3,(H,8,9). The van der Waals surface area contributed by atoms with Crippen molar-refractivity contribution in [3.05, 3.63) is 0 Å². The summed E-state index contributed by atoms with van der Waals surface area (Å²) in [6.07, 6.45) is 0. The second kappa shape index (κ2) is 5.70. The third-order valence-electron chi connectivity index (χ3n) is 1.02. The Labute approximate surface area is 71.1 Å². The zero-order valence-corrected chi connectivity index (χ0v) is 7.31. The highest BCUT2D eigenvalue weighted by atomic mass is 32.2. The lowest BCUT2D eigenvalue weighted by Gasteiger charge is -1.99. The van der Waals surface area contributed by atoms with Crippen LogP contribution < -0.4 is 10.6 Å². The van der Waals surface area contributed by atoms with E-state index < -0.39 is 21.3 Å². The highest BCUT2D eigenvalue weighted by Gasteiger charge is 2.09. The molecule has 6 nitrogen and oxygen atoms in total. The van der Waals surface area contributed by atoms with Crippen molar-refractivity contribution in [2.24, 2.45) is 0 Å². The lowest BCUT2D eigenvalue weighted by molar-refractivity contribution is -0.129. The van der Waals surface area contributed by atoms with Crippen LogP contribution in [0.3, 0.4) is 0 Å². The van der Waals surface area contributed by atoms with Gasteiger partial charge < -0.3 is 10.4 Å². The number of likely N-dealkylation sites (N-methyl/N-ethyl adjacent to an activating group) is 1. The first-order valence-corrected chi connectivity index (χ1v) is 4.25. The summed E-state index contributed by atoms with van der Waals surface area (Å²) in [7, 11) is -1.03. The minimum atomic E-state index is -2.71. The molecular formula is C5H10N2O4S. The summed E-state index contributed by atoms with van der Waals surface area (Å²) in [5.41, 5.74) is 0. The van der Waals surface area contributed by atoms with Crippen molar-refractivity contribution < 1.29 is 18.3 Å². The van der Waals surface area contributed by atoms with Crippen LogP contribution in [-0.4, -0.2) is 44.6 Å². The molecule has 3 N–H and O–H groups in total. The van der Waals surface area contributed by atoms with Crippen LogP contribution in [0.1, 0.15) is 0 Å². The zero-order valence-electron chi connectivity index (χ0n) is 6.49. The number of carbonyl (C=O) groups is 1. The van der Waals surface area contributed by atoms with Gasteiger partial charge in [-0.05, 0) is 7.05 Å². The molecule has 70 valence electrons. The Morgan fingerprint density at radius 2 is 2.00 bits per heavy atom. The van der Waals surface area contributed by atoms with Crippen molar-refractivity contribution in [1.82, 2.24) is 10.6 Å². The lowest BCUT2D eigenvalue weighted by atomic mass is 10.5. The number of carboxylic acid groups (broad SMARTS) is 1. The van der Waals surface area contributed by atoms with E-state index in [1.165, 1.54) is 0 Å². The maximum absolute atomic E-state index is 10.2. The molecule has 0 bridgehead atoms. The van der Waals surface area contributed by atoms with Gasteiger partial charge in [-0.3, -0.25) is 5.32 Å². The molecule has 0 spiro atoms. The van der Waals surface area contributed by atoms with Crippen LogP contribution in [0.2, 0.25) is 0 Å². The van der Waals surface area contributed by atoms with Crippen LogP contribution in [0.4, 0.5) is 0 Å². The molecule has 0 fully saturated rings. The first kappa shape index (κ1) is 11.1. The number of aliphatic carboxylic acids is 1. The summed E-state index contributed by atoms with van der Waals surface area (Å²) in [5.74, 6) is -1.47. The van der Waals surface area contributed by atoms with Crippen LogP contribution in [-0.2, 0) is 15.1 Å². The van der Waals surface area contributed by atoms with Gasteiger partial charge in [-0.1, -0.05) is 0 Å². The van der Waals surface area contributed by atoms with E-state index in [-0.39, 0.29) is 6.54 Å². The summed E-state index contributed by atoms with van der Waals surface area (Å²) in [4.78, 5) is 9.52. The van der Waals surface area contributed by atoms with Crippen molar-refractivity contribution in [3.8, 4) is 0 Å². The molecule has 0 saturated carbocycles. The molecular weight excluding hydrogens is 184 g/mol. The van der Waals surface area contributed by atoms with Crippen LogP contribution in [0.15, 0.2) is 0 Å². The highest BCUT2D eigenvalue weighted by Crippen LogP contribution is 1.68. The van der Waals surface area contributed by atoms with Gasteiger partial charge >= 0.3 is 5.97 Å². The molecule has 0 unspecified atom stereocenters. The van der Waals surface area contributed by atoms with E-state index in [0.29, 0.717) is 6.54 Å². The van der Waals surface area contributed by atoms with Crippen LogP contribution >= 0.6 is 0 Å². The second-order valence-corrected chi connectivity index (χ2v) is 2.78. The molecule has 7 heteroatoms. The van der Waals surface area contributed by atoms with E-state index >= 15 is 0 Å². The number of carboxylic acids is 1. The summed E-state index contributed by atoms with van der Waals surface area (Å²) in [6.45, 7) is 0.750. The second-order valence-electron chi connectivity index (χ2n) is 1.90. The summed E-state index contributed by atoms with van der Waals surface area (Å²) >= 11 is 0. The Hall–Kier alpha value is -0.920. The molecule has 0 aliphatic heterocycles. The van der Waals surface area contributed by atoms with Crippen molar-refractivity contribution in [3.63, 3.8) is 0 Å². The minimum Gasteiger partial charge on any atom is -0.476 e. The van der Waals surface area contributed by atoms with Gasteiger partial charge in [-0.2, -0.15) is 8.42 Å². The Bertz CT molecular complexity index is 274. The first-order chi connectivity index (χ1) is 5.59. The van der Waals surface area contributed by atoms with Crippen LogP contribution in [0.5, 0.6) is 0 Å².